The Kier molecular flexibility index (Phi) is 3.82. The van der Waals surface area contributed by atoms with E-state index in [1.807, 2.05) is 0 Å². The van der Waals surface area contributed by atoms with E-state index in [2.05, 4.69) is 5.32 Å². The van der Waals surface area contributed by atoms with Gasteiger partial charge < -0.3 is 5.32 Å². The zero-order valence-corrected chi connectivity index (χ0v) is 10.8. The molecule has 0 radical (unpaired) electrons. The van der Waals surface area contributed by atoms with Crippen molar-refractivity contribution < 1.29 is 12.8 Å². The highest BCUT2D eigenvalue weighted by molar-refractivity contribution is 7.89. The third-order valence-corrected chi connectivity index (χ3v) is 3.50. The van der Waals surface area contributed by atoms with E-state index in [0.717, 1.165) is 11.3 Å². The molecule has 0 aliphatic carbocycles. The molecule has 0 saturated carbocycles. The van der Waals surface area contributed by atoms with E-state index in [-0.39, 0.29) is 10.7 Å². The van der Waals surface area contributed by atoms with Crippen molar-refractivity contribution in [2.45, 2.75) is 11.4 Å². The topological polar surface area (TPSA) is 72.2 Å². The molecule has 0 heterocycles. The van der Waals surface area contributed by atoms with E-state index in [1.54, 1.807) is 24.3 Å². The lowest BCUT2D eigenvalue weighted by atomic mass is 10.2. The number of rotatable bonds is 4. The first-order chi connectivity index (χ1) is 8.95. The molecule has 2 aromatic carbocycles. The van der Waals surface area contributed by atoms with Gasteiger partial charge in [0.15, 0.2) is 0 Å². The second kappa shape index (κ2) is 5.38. The van der Waals surface area contributed by atoms with Crippen molar-refractivity contribution in [1.29, 1.82) is 0 Å². The summed E-state index contributed by atoms with van der Waals surface area (Å²) in [7, 11) is -3.67. The van der Waals surface area contributed by atoms with Crippen molar-refractivity contribution >= 4 is 15.7 Å². The average molecular weight is 280 g/mol. The Morgan fingerprint density at radius 1 is 1.11 bits per heavy atom. The fourth-order valence-electron chi connectivity index (χ4n) is 1.61. The van der Waals surface area contributed by atoms with Crippen LogP contribution < -0.4 is 10.5 Å². The predicted molar refractivity (Wildman–Crippen MR) is 71.5 cm³/mol. The lowest BCUT2D eigenvalue weighted by Crippen LogP contribution is -2.12. The molecule has 2 aromatic rings. The van der Waals surface area contributed by atoms with Gasteiger partial charge in [-0.05, 0) is 42.0 Å². The summed E-state index contributed by atoms with van der Waals surface area (Å²) in [6, 6.07) is 12.3. The molecule has 6 heteroatoms. The molecule has 0 bridgehead atoms. The first kappa shape index (κ1) is 13.5. The average Bonchev–Trinajstić information content (AvgIpc) is 2.36. The van der Waals surface area contributed by atoms with Crippen LogP contribution in [-0.4, -0.2) is 8.42 Å². The van der Waals surface area contributed by atoms with Crippen LogP contribution in [0.2, 0.25) is 0 Å². The van der Waals surface area contributed by atoms with Crippen LogP contribution in [0.1, 0.15) is 5.56 Å². The number of hydrogen-bond acceptors (Lipinski definition) is 3. The van der Waals surface area contributed by atoms with Gasteiger partial charge in [0.1, 0.15) is 5.82 Å². The minimum absolute atomic E-state index is 0.0591. The number of primary sulfonamides is 1. The predicted octanol–water partition coefficient (Wildman–Crippen LogP) is 2.09. The molecule has 0 atom stereocenters. The van der Waals surface area contributed by atoms with Gasteiger partial charge >= 0.3 is 0 Å². The Morgan fingerprint density at radius 3 is 2.37 bits per heavy atom. The Morgan fingerprint density at radius 2 is 1.79 bits per heavy atom. The van der Waals surface area contributed by atoms with E-state index in [9.17, 15) is 12.8 Å². The third-order valence-electron chi connectivity index (χ3n) is 2.57. The van der Waals surface area contributed by atoms with E-state index in [4.69, 9.17) is 5.14 Å². The molecule has 3 N–H and O–H groups in total. The summed E-state index contributed by atoms with van der Waals surface area (Å²) < 4.78 is 35.1. The molecule has 100 valence electrons. The van der Waals surface area contributed by atoms with E-state index >= 15 is 0 Å². The summed E-state index contributed by atoms with van der Waals surface area (Å²) in [5.41, 5.74) is 1.53. The first-order valence-electron chi connectivity index (χ1n) is 5.56. The molecular formula is C13H13FN2O2S. The highest BCUT2D eigenvalue weighted by atomic mass is 32.2. The Hall–Kier alpha value is -1.92. The second-order valence-corrected chi connectivity index (χ2v) is 5.61. The van der Waals surface area contributed by atoms with Crippen LogP contribution in [0, 0.1) is 5.82 Å². The second-order valence-electron chi connectivity index (χ2n) is 4.05. The monoisotopic (exact) mass is 280 g/mol. The number of anilines is 1. The Balaban J connectivity index is 2.05. The van der Waals surface area contributed by atoms with Crippen LogP contribution in [-0.2, 0) is 16.6 Å². The number of nitrogens with one attached hydrogen (secondary N) is 1. The molecular weight excluding hydrogens is 267 g/mol. The van der Waals surface area contributed by atoms with Crippen LogP contribution in [0.5, 0.6) is 0 Å². The van der Waals surface area contributed by atoms with Gasteiger partial charge in [0.2, 0.25) is 10.0 Å². The number of benzene rings is 2. The molecule has 0 spiro atoms. The summed E-state index contributed by atoms with van der Waals surface area (Å²) in [5, 5.41) is 8.06. The van der Waals surface area contributed by atoms with E-state index in [0.29, 0.717) is 6.54 Å². The van der Waals surface area contributed by atoms with Crippen LogP contribution in [0.25, 0.3) is 0 Å². The fourth-order valence-corrected chi connectivity index (χ4v) is 2.13. The van der Waals surface area contributed by atoms with E-state index in [1.165, 1.54) is 24.3 Å². The number of nitrogens with two attached hydrogens (primary N) is 1. The largest absolute Gasteiger partial charge is 0.381 e. The Labute approximate surface area is 111 Å². The normalized spacial score (nSPS) is 11.3. The summed E-state index contributed by atoms with van der Waals surface area (Å²) in [5.74, 6) is -0.288. The molecule has 2 rings (SSSR count). The Bertz CT molecular complexity index is 669. The summed E-state index contributed by atoms with van der Waals surface area (Å²) in [6.07, 6.45) is 0. The standard InChI is InChI=1S/C13H13FN2O2S/c14-11-3-1-2-10(8-11)9-16-12-4-6-13(7-5-12)19(15,17)18/h1-8,16H,9H2,(H2,15,17,18). The fraction of sp³-hybridized carbons (Fsp3) is 0.0769. The van der Waals surface area contributed by atoms with Gasteiger partial charge in [0.25, 0.3) is 0 Å². The zero-order chi connectivity index (χ0) is 13.9. The highest BCUT2D eigenvalue weighted by Gasteiger charge is 2.06. The van der Waals surface area contributed by atoms with Gasteiger partial charge in [0.05, 0.1) is 4.90 Å². The van der Waals surface area contributed by atoms with Gasteiger partial charge in [-0.15, -0.1) is 0 Å². The van der Waals surface area contributed by atoms with Gasteiger partial charge in [-0.25, -0.2) is 17.9 Å². The van der Waals surface area contributed by atoms with Crippen molar-refractivity contribution in [3.8, 4) is 0 Å². The van der Waals surface area contributed by atoms with Crippen molar-refractivity contribution in [2.24, 2.45) is 5.14 Å². The maximum atomic E-state index is 13.0. The first-order valence-corrected chi connectivity index (χ1v) is 7.11. The maximum Gasteiger partial charge on any atom is 0.238 e. The van der Waals surface area contributed by atoms with Crippen LogP contribution in [0.3, 0.4) is 0 Å². The van der Waals surface area contributed by atoms with Crippen LogP contribution in [0.15, 0.2) is 53.4 Å². The molecule has 0 aliphatic heterocycles. The van der Waals surface area contributed by atoms with Gasteiger partial charge in [-0.2, -0.15) is 0 Å². The minimum atomic E-state index is -3.67. The maximum absolute atomic E-state index is 13.0. The third kappa shape index (κ3) is 3.77. The molecule has 4 nitrogen and oxygen atoms in total. The quantitative estimate of drug-likeness (QED) is 0.900. The van der Waals surface area contributed by atoms with Gasteiger partial charge in [-0.3, -0.25) is 0 Å². The number of hydrogen-bond donors (Lipinski definition) is 2. The SMILES string of the molecule is NS(=O)(=O)c1ccc(NCc2cccc(F)c2)cc1. The highest BCUT2D eigenvalue weighted by Crippen LogP contribution is 2.14. The minimum Gasteiger partial charge on any atom is -0.381 e. The molecule has 0 amide bonds. The van der Waals surface area contributed by atoms with Crippen molar-refractivity contribution in [1.82, 2.24) is 0 Å². The molecule has 0 aliphatic rings. The van der Waals surface area contributed by atoms with Crippen molar-refractivity contribution in [3.05, 3.63) is 59.9 Å². The number of sulfonamides is 1. The zero-order valence-electron chi connectivity index (χ0n) is 10.0. The van der Waals surface area contributed by atoms with Crippen molar-refractivity contribution in [2.75, 3.05) is 5.32 Å². The van der Waals surface area contributed by atoms with Crippen LogP contribution in [0.4, 0.5) is 10.1 Å². The van der Waals surface area contributed by atoms with Gasteiger partial charge in [0, 0.05) is 12.2 Å². The summed E-state index contributed by atoms with van der Waals surface area (Å²) in [6.45, 7) is 0.451. The molecule has 19 heavy (non-hydrogen) atoms. The molecule has 0 unspecified atom stereocenters. The molecule has 0 saturated heterocycles. The summed E-state index contributed by atoms with van der Waals surface area (Å²) in [4.78, 5) is 0.0591. The van der Waals surface area contributed by atoms with Crippen molar-refractivity contribution in [3.63, 3.8) is 0 Å². The van der Waals surface area contributed by atoms with Crippen LogP contribution >= 0.6 is 0 Å². The summed E-state index contributed by atoms with van der Waals surface area (Å²) >= 11 is 0. The number of halogens is 1. The van der Waals surface area contributed by atoms with E-state index < -0.39 is 10.0 Å². The lowest BCUT2D eigenvalue weighted by Gasteiger charge is -2.07. The molecule has 0 fully saturated rings. The lowest BCUT2D eigenvalue weighted by molar-refractivity contribution is 0.598. The molecule has 0 aromatic heterocycles. The van der Waals surface area contributed by atoms with Gasteiger partial charge in [-0.1, -0.05) is 12.1 Å². The smallest absolute Gasteiger partial charge is 0.238 e.